The number of hydrogen-bond donors (Lipinski definition) is 2. The van der Waals surface area contributed by atoms with Crippen molar-refractivity contribution in [1.29, 1.82) is 0 Å². The van der Waals surface area contributed by atoms with E-state index in [1.54, 1.807) is 0 Å². The van der Waals surface area contributed by atoms with Crippen LogP contribution in [0.4, 0.5) is 4.39 Å². The highest BCUT2D eigenvalue weighted by molar-refractivity contribution is 6.30. The van der Waals surface area contributed by atoms with Crippen molar-refractivity contribution in [2.24, 2.45) is 5.73 Å². The maximum absolute atomic E-state index is 12.8. The molecule has 4 nitrogen and oxygen atoms in total. The number of nitrogens with zero attached hydrogens (tertiary/aromatic N) is 1. The highest BCUT2D eigenvalue weighted by Gasteiger charge is 2.33. The van der Waals surface area contributed by atoms with Crippen LogP contribution in [0.5, 0.6) is 0 Å². The van der Waals surface area contributed by atoms with Crippen molar-refractivity contribution < 1.29 is 14.3 Å². The Morgan fingerprint density at radius 3 is 2.86 bits per heavy atom. The zero-order chi connectivity index (χ0) is 10.9. The molecule has 1 atom stereocenters. The first-order chi connectivity index (χ1) is 6.35. The summed E-state index contributed by atoms with van der Waals surface area (Å²) in [7, 11) is 0. The zero-order valence-electron chi connectivity index (χ0n) is 7.29. The SMILES string of the molecule is C[C@](N)(C(=O)O)c1cc(F)cnc1Cl. The fourth-order valence-corrected chi connectivity index (χ4v) is 1.20. The lowest BCUT2D eigenvalue weighted by Crippen LogP contribution is -2.42. The monoisotopic (exact) mass is 218 g/mol. The normalized spacial score (nSPS) is 14.9. The van der Waals surface area contributed by atoms with Gasteiger partial charge in [0.2, 0.25) is 0 Å². The largest absolute Gasteiger partial charge is 0.480 e. The van der Waals surface area contributed by atoms with Gasteiger partial charge in [0.15, 0.2) is 0 Å². The van der Waals surface area contributed by atoms with Crippen LogP contribution in [0.25, 0.3) is 0 Å². The molecule has 0 aliphatic heterocycles. The van der Waals surface area contributed by atoms with Gasteiger partial charge in [-0.3, -0.25) is 0 Å². The van der Waals surface area contributed by atoms with E-state index in [1.807, 2.05) is 0 Å². The lowest BCUT2D eigenvalue weighted by Gasteiger charge is -2.20. The fourth-order valence-electron chi connectivity index (χ4n) is 0.902. The Balaban J connectivity index is 3.31. The quantitative estimate of drug-likeness (QED) is 0.730. The standard InChI is InChI=1S/C8H8ClFN2O2/c1-8(11,7(13)14)5-2-4(10)3-12-6(5)9/h2-3H,11H2,1H3,(H,13,14)/t8-/m1/s1. The molecule has 14 heavy (non-hydrogen) atoms. The topological polar surface area (TPSA) is 76.2 Å². The number of carboxylic acids is 1. The molecule has 6 heteroatoms. The number of hydrogen-bond acceptors (Lipinski definition) is 3. The first kappa shape index (κ1) is 10.9. The Labute approximate surface area is 84.5 Å². The van der Waals surface area contributed by atoms with Gasteiger partial charge in [-0.05, 0) is 13.0 Å². The highest BCUT2D eigenvalue weighted by atomic mass is 35.5. The molecule has 1 aromatic rings. The summed E-state index contributed by atoms with van der Waals surface area (Å²) in [5.74, 6) is -1.98. The highest BCUT2D eigenvalue weighted by Crippen LogP contribution is 2.25. The van der Waals surface area contributed by atoms with E-state index in [4.69, 9.17) is 22.4 Å². The molecule has 0 aromatic carbocycles. The number of halogens is 2. The molecule has 0 unspecified atom stereocenters. The van der Waals surface area contributed by atoms with Crippen LogP contribution in [0.2, 0.25) is 5.15 Å². The zero-order valence-corrected chi connectivity index (χ0v) is 8.05. The van der Waals surface area contributed by atoms with Gasteiger partial charge in [-0.15, -0.1) is 0 Å². The Kier molecular flexibility index (Phi) is 2.73. The minimum atomic E-state index is -1.74. The molecule has 1 rings (SSSR count). The summed E-state index contributed by atoms with van der Waals surface area (Å²) < 4.78 is 12.8. The average Bonchev–Trinajstić information content (AvgIpc) is 2.08. The molecule has 0 saturated heterocycles. The number of nitrogens with two attached hydrogens (primary N) is 1. The van der Waals surface area contributed by atoms with Crippen molar-refractivity contribution in [3.8, 4) is 0 Å². The van der Waals surface area contributed by atoms with E-state index in [1.165, 1.54) is 6.92 Å². The van der Waals surface area contributed by atoms with Gasteiger partial charge in [0.1, 0.15) is 16.5 Å². The summed E-state index contributed by atoms with van der Waals surface area (Å²) in [5.41, 5.74) is 3.67. The third kappa shape index (κ3) is 1.83. The first-order valence-corrected chi connectivity index (χ1v) is 4.07. The van der Waals surface area contributed by atoms with Gasteiger partial charge in [-0.25, -0.2) is 14.2 Å². The second-order valence-electron chi connectivity index (χ2n) is 3.00. The second kappa shape index (κ2) is 3.51. The number of pyridine rings is 1. The summed E-state index contributed by atoms with van der Waals surface area (Å²) >= 11 is 5.60. The second-order valence-corrected chi connectivity index (χ2v) is 3.36. The van der Waals surface area contributed by atoms with Gasteiger partial charge in [0, 0.05) is 5.56 Å². The summed E-state index contributed by atoms with van der Waals surface area (Å²) in [6.45, 7) is 1.22. The van der Waals surface area contributed by atoms with Crippen molar-refractivity contribution >= 4 is 17.6 Å². The summed E-state index contributed by atoms with van der Waals surface area (Å²) in [6, 6.07) is 0.962. The van der Waals surface area contributed by atoms with E-state index in [0.29, 0.717) is 0 Å². The first-order valence-electron chi connectivity index (χ1n) is 3.69. The predicted molar refractivity (Wildman–Crippen MR) is 48.4 cm³/mol. The van der Waals surface area contributed by atoms with Gasteiger partial charge >= 0.3 is 5.97 Å². The number of aromatic nitrogens is 1. The fraction of sp³-hybridized carbons (Fsp3) is 0.250. The Morgan fingerprint density at radius 2 is 2.36 bits per heavy atom. The van der Waals surface area contributed by atoms with Gasteiger partial charge in [-0.1, -0.05) is 11.6 Å². The summed E-state index contributed by atoms with van der Waals surface area (Å²) in [4.78, 5) is 14.2. The van der Waals surface area contributed by atoms with Crippen molar-refractivity contribution in [3.63, 3.8) is 0 Å². The summed E-state index contributed by atoms with van der Waals surface area (Å²) in [6.07, 6.45) is 0.893. The van der Waals surface area contributed by atoms with Gasteiger partial charge in [0.05, 0.1) is 6.20 Å². The molecule has 0 bridgehead atoms. The molecule has 0 aliphatic carbocycles. The molecule has 1 heterocycles. The van der Waals surface area contributed by atoms with E-state index in [-0.39, 0.29) is 10.7 Å². The van der Waals surface area contributed by atoms with Crippen LogP contribution in [0.15, 0.2) is 12.3 Å². The van der Waals surface area contributed by atoms with Crippen molar-refractivity contribution in [1.82, 2.24) is 4.98 Å². The molecule has 0 fully saturated rings. The third-order valence-corrected chi connectivity index (χ3v) is 2.11. The Morgan fingerprint density at radius 1 is 1.79 bits per heavy atom. The van der Waals surface area contributed by atoms with Crippen molar-refractivity contribution in [2.75, 3.05) is 0 Å². The molecular weight excluding hydrogens is 211 g/mol. The summed E-state index contributed by atoms with van der Waals surface area (Å²) in [5, 5.41) is 8.66. The minimum Gasteiger partial charge on any atom is -0.480 e. The molecule has 1 aromatic heterocycles. The smallest absolute Gasteiger partial charge is 0.328 e. The molecule has 0 saturated carbocycles. The molecule has 76 valence electrons. The van der Waals surface area contributed by atoms with E-state index < -0.39 is 17.3 Å². The van der Waals surface area contributed by atoms with Crippen LogP contribution in [0, 0.1) is 5.82 Å². The predicted octanol–water partition coefficient (Wildman–Crippen LogP) is 1.13. The van der Waals surface area contributed by atoms with Crippen LogP contribution >= 0.6 is 11.6 Å². The molecule has 3 N–H and O–H groups in total. The Hall–Kier alpha value is -1.20. The lowest BCUT2D eigenvalue weighted by molar-refractivity contribution is -0.143. The minimum absolute atomic E-state index is 0.0494. The molecule has 0 amide bonds. The van der Waals surface area contributed by atoms with Crippen LogP contribution in [-0.2, 0) is 10.3 Å². The van der Waals surface area contributed by atoms with E-state index >= 15 is 0 Å². The maximum atomic E-state index is 12.8. The van der Waals surface area contributed by atoms with Crippen LogP contribution < -0.4 is 5.73 Å². The lowest BCUT2D eigenvalue weighted by atomic mass is 9.95. The molecule has 0 radical (unpaired) electrons. The van der Waals surface area contributed by atoms with Crippen molar-refractivity contribution in [2.45, 2.75) is 12.5 Å². The van der Waals surface area contributed by atoms with E-state index in [0.717, 1.165) is 12.3 Å². The number of carboxylic acid groups (broad SMARTS) is 1. The van der Waals surface area contributed by atoms with E-state index in [9.17, 15) is 9.18 Å². The number of rotatable bonds is 2. The molecule has 0 aliphatic rings. The van der Waals surface area contributed by atoms with Gasteiger partial charge in [-0.2, -0.15) is 0 Å². The van der Waals surface area contributed by atoms with Gasteiger partial charge in [0.25, 0.3) is 0 Å². The number of carbonyl (C=O) groups is 1. The average molecular weight is 219 g/mol. The third-order valence-electron chi connectivity index (χ3n) is 1.81. The molecule has 0 spiro atoms. The van der Waals surface area contributed by atoms with Gasteiger partial charge < -0.3 is 10.8 Å². The van der Waals surface area contributed by atoms with Crippen LogP contribution in [-0.4, -0.2) is 16.1 Å². The van der Waals surface area contributed by atoms with Crippen molar-refractivity contribution in [3.05, 3.63) is 28.8 Å². The molecular formula is C8H8ClFN2O2. The van der Waals surface area contributed by atoms with Crippen LogP contribution in [0.3, 0.4) is 0 Å². The Bertz CT molecular complexity index is 382. The maximum Gasteiger partial charge on any atom is 0.328 e. The van der Waals surface area contributed by atoms with E-state index in [2.05, 4.69) is 4.98 Å². The van der Waals surface area contributed by atoms with Crippen LogP contribution in [0.1, 0.15) is 12.5 Å². The number of aliphatic carboxylic acids is 1.